The average molecular weight is 499 g/mol. The molecule has 1 heterocycles. The van der Waals surface area contributed by atoms with Crippen LogP contribution in [0.2, 0.25) is 5.02 Å². The summed E-state index contributed by atoms with van der Waals surface area (Å²) in [6, 6.07) is 8.07. The van der Waals surface area contributed by atoms with E-state index in [4.69, 9.17) is 25.6 Å². The van der Waals surface area contributed by atoms with Crippen molar-refractivity contribution in [3.05, 3.63) is 75.2 Å². The molecule has 176 valence electrons. The van der Waals surface area contributed by atoms with Gasteiger partial charge in [0.1, 0.15) is 11.5 Å². The van der Waals surface area contributed by atoms with Crippen LogP contribution in [0.4, 0.5) is 8.78 Å². The molecule has 11 heteroatoms. The standard InChI is InChI=1S/C22H21ClF2N2O5S/c1-3-31-20-11-21(28)27(2)12-16(20)15-8-13(6-7-26-33(29)30)4-5-19(15)32-22-17(24)9-14(23)10-18(22)25/h4-5,8-12,26H,3,6-7H2,1-2H3,(H,29,30). The summed E-state index contributed by atoms with van der Waals surface area (Å²) in [5.41, 5.74) is 1.31. The first-order valence-corrected chi connectivity index (χ1v) is 11.3. The van der Waals surface area contributed by atoms with Crippen molar-refractivity contribution in [1.82, 2.24) is 9.29 Å². The van der Waals surface area contributed by atoms with Gasteiger partial charge in [-0.05, 0) is 43.2 Å². The molecule has 0 bridgehead atoms. The Balaban J connectivity index is 2.14. The van der Waals surface area contributed by atoms with Gasteiger partial charge in [0.25, 0.3) is 5.56 Å². The highest BCUT2D eigenvalue weighted by Crippen LogP contribution is 2.40. The zero-order chi connectivity index (χ0) is 24.1. The lowest BCUT2D eigenvalue weighted by molar-refractivity contribution is 0.340. The number of pyridine rings is 1. The average Bonchev–Trinajstić information content (AvgIpc) is 2.73. The predicted molar refractivity (Wildman–Crippen MR) is 122 cm³/mol. The van der Waals surface area contributed by atoms with Crippen molar-refractivity contribution >= 4 is 22.9 Å². The number of aromatic nitrogens is 1. The third-order valence-corrected chi connectivity index (χ3v) is 5.31. The first kappa shape index (κ1) is 24.8. The summed E-state index contributed by atoms with van der Waals surface area (Å²) in [5, 5.41) is -0.113. The minimum absolute atomic E-state index is 0.108. The molecule has 2 aromatic carbocycles. The van der Waals surface area contributed by atoms with Gasteiger partial charge in [-0.1, -0.05) is 17.7 Å². The number of nitrogens with one attached hydrogen (secondary N) is 1. The number of ether oxygens (including phenoxy) is 2. The quantitative estimate of drug-likeness (QED) is 0.426. The molecule has 7 nitrogen and oxygen atoms in total. The number of nitrogens with zero attached hydrogens (tertiary/aromatic N) is 1. The highest BCUT2D eigenvalue weighted by Gasteiger charge is 2.19. The van der Waals surface area contributed by atoms with Crippen LogP contribution in [-0.2, 0) is 24.7 Å². The molecular formula is C22H21ClF2N2O5S. The summed E-state index contributed by atoms with van der Waals surface area (Å²) in [5.74, 6) is -2.20. The summed E-state index contributed by atoms with van der Waals surface area (Å²) in [4.78, 5) is 12.1. The van der Waals surface area contributed by atoms with E-state index in [1.165, 1.54) is 22.9 Å². The Morgan fingerprint density at radius 3 is 2.45 bits per heavy atom. The summed E-state index contributed by atoms with van der Waals surface area (Å²) in [6.45, 7) is 2.24. The number of aryl methyl sites for hydroxylation is 1. The van der Waals surface area contributed by atoms with Gasteiger partial charge in [-0.3, -0.25) is 9.35 Å². The second-order valence-electron chi connectivity index (χ2n) is 6.96. The maximum atomic E-state index is 14.4. The summed E-state index contributed by atoms with van der Waals surface area (Å²) in [7, 11) is 1.56. The Morgan fingerprint density at radius 2 is 1.82 bits per heavy atom. The molecule has 0 amide bonds. The highest BCUT2D eigenvalue weighted by atomic mass is 35.5. The Bertz CT molecular complexity index is 1230. The number of benzene rings is 2. The molecule has 0 spiro atoms. The molecular weight excluding hydrogens is 478 g/mol. The van der Waals surface area contributed by atoms with Crippen LogP contribution < -0.4 is 19.8 Å². The van der Waals surface area contributed by atoms with E-state index >= 15 is 0 Å². The third kappa shape index (κ3) is 6.17. The molecule has 1 unspecified atom stereocenters. The van der Waals surface area contributed by atoms with E-state index in [0.717, 1.165) is 17.7 Å². The van der Waals surface area contributed by atoms with Crippen molar-refractivity contribution in [1.29, 1.82) is 0 Å². The second-order valence-corrected chi connectivity index (χ2v) is 8.18. The Morgan fingerprint density at radius 1 is 1.12 bits per heavy atom. The van der Waals surface area contributed by atoms with Crippen molar-refractivity contribution < 1.29 is 27.0 Å². The van der Waals surface area contributed by atoms with Crippen LogP contribution in [0.3, 0.4) is 0 Å². The van der Waals surface area contributed by atoms with Crippen LogP contribution in [0.25, 0.3) is 11.1 Å². The fraction of sp³-hybridized carbons (Fsp3) is 0.227. The predicted octanol–water partition coefficient (Wildman–Crippen LogP) is 4.44. The maximum Gasteiger partial charge on any atom is 0.254 e. The van der Waals surface area contributed by atoms with Gasteiger partial charge in [0, 0.05) is 42.0 Å². The lowest BCUT2D eigenvalue weighted by Gasteiger charge is -2.17. The Labute approximate surface area is 196 Å². The minimum Gasteiger partial charge on any atom is -0.493 e. The van der Waals surface area contributed by atoms with E-state index in [0.29, 0.717) is 17.5 Å². The van der Waals surface area contributed by atoms with E-state index in [1.807, 2.05) is 0 Å². The van der Waals surface area contributed by atoms with E-state index < -0.39 is 28.7 Å². The fourth-order valence-corrected chi connectivity index (χ4v) is 3.61. The van der Waals surface area contributed by atoms with Gasteiger partial charge >= 0.3 is 0 Å². The molecule has 3 rings (SSSR count). The molecule has 0 saturated carbocycles. The monoisotopic (exact) mass is 498 g/mol. The summed E-state index contributed by atoms with van der Waals surface area (Å²) in [6.07, 6.45) is 1.91. The van der Waals surface area contributed by atoms with E-state index in [9.17, 15) is 17.8 Å². The zero-order valence-electron chi connectivity index (χ0n) is 17.7. The van der Waals surface area contributed by atoms with Gasteiger partial charge in [-0.15, -0.1) is 0 Å². The molecule has 33 heavy (non-hydrogen) atoms. The third-order valence-electron chi connectivity index (χ3n) is 4.64. The van der Waals surface area contributed by atoms with E-state index in [2.05, 4.69) is 4.72 Å². The molecule has 0 aliphatic rings. The van der Waals surface area contributed by atoms with Gasteiger partial charge in [0.2, 0.25) is 11.3 Å². The number of hydrogen-bond acceptors (Lipinski definition) is 4. The second kappa shape index (κ2) is 10.9. The lowest BCUT2D eigenvalue weighted by Crippen LogP contribution is -2.19. The van der Waals surface area contributed by atoms with Gasteiger partial charge < -0.3 is 14.0 Å². The topological polar surface area (TPSA) is 89.8 Å². The van der Waals surface area contributed by atoms with Crippen LogP contribution >= 0.6 is 11.6 Å². The van der Waals surface area contributed by atoms with Crippen LogP contribution in [-0.4, -0.2) is 26.5 Å². The first-order valence-electron chi connectivity index (χ1n) is 9.83. The van der Waals surface area contributed by atoms with Crippen LogP contribution in [0.5, 0.6) is 17.2 Å². The lowest BCUT2D eigenvalue weighted by atomic mass is 10.0. The molecule has 0 radical (unpaired) electrons. The SMILES string of the molecule is CCOc1cc(=O)n(C)cc1-c1cc(CCNS(=O)O)ccc1Oc1c(F)cc(Cl)cc1F. The molecule has 0 aliphatic carbocycles. The van der Waals surface area contributed by atoms with Crippen molar-refractivity contribution in [3.8, 4) is 28.4 Å². The van der Waals surface area contributed by atoms with E-state index in [-0.39, 0.29) is 35.2 Å². The minimum atomic E-state index is -2.16. The molecule has 2 N–H and O–H groups in total. The summed E-state index contributed by atoms with van der Waals surface area (Å²) >= 11 is 3.54. The zero-order valence-corrected chi connectivity index (χ0v) is 19.3. The largest absolute Gasteiger partial charge is 0.493 e. The first-order chi connectivity index (χ1) is 15.7. The van der Waals surface area contributed by atoms with Crippen molar-refractivity contribution in [2.75, 3.05) is 13.2 Å². The molecule has 0 aliphatic heterocycles. The van der Waals surface area contributed by atoms with E-state index in [1.54, 1.807) is 26.1 Å². The van der Waals surface area contributed by atoms with Crippen molar-refractivity contribution in [2.45, 2.75) is 13.3 Å². The number of hydrogen-bond donors (Lipinski definition) is 2. The van der Waals surface area contributed by atoms with Crippen LogP contribution in [0.15, 0.2) is 47.4 Å². The van der Waals surface area contributed by atoms with Gasteiger partial charge in [0.05, 0.1) is 6.61 Å². The molecule has 1 aromatic heterocycles. The van der Waals surface area contributed by atoms with Crippen LogP contribution in [0.1, 0.15) is 12.5 Å². The van der Waals surface area contributed by atoms with Gasteiger partial charge in [-0.2, -0.15) is 0 Å². The van der Waals surface area contributed by atoms with Gasteiger partial charge in [-0.25, -0.2) is 17.7 Å². The highest BCUT2D eigenvalue weighted by molar-refractivity contribution is 7.77. The van der Waals surface area contributed by atoms with Crippen LogP contribution in [0, 0.1) is 11.6 Å². The Hall–Kier alpha value is -2.79. The van der Waals surface area contributed by atoms with Crippen molar-refractivity contribution in [3.63, 3.8) is 0 Å². The fourth-order valence-electron chi connectivity index (χ4n) is 3.14. The molecule has 0 fully saturated rings. The normalized spacial score (nSPS) is 11.9. The number of rotatable bonds is 9. The molecule has 3 aromatic rings. The molecule has 0 saturated heterocycles. The molecule has 1 atom stereocenters. The smallest absolute Gasteiger partial charge is 0.254 e. The number of halogens is 3. The summed E-state index contributed by atoms with van der Waals surface area (Å²) < 4.78 is 63.5. The Kier molecular flexibility index (Phi) is 8.20. The van der Waals surface area contributed by atoms with Gasteiger partial charge in [0.15, 0.2) is 17.4 Å². The van der Waals surface area contributed by atoms with Crippen molar-refractivity contribution in [2.24, 2.45) is 7.05 Å². The maximum absolute atomic E-state index is 14.4.